The van der Waals surface area contributed by atoms with Gasteiger partial charge < -0.3 is 10.6 Å². The second-order valence-electron chi connectivity index (χ2n) is 6.59. The van der Waals surface area contributed by atoms with E-state index in [1.165, 1.54) is 6.07 Å². The first-order valence-corrected chi connectivity index (χ1v) is 10.6. The summed E-state index contributed by atoms with van der Waals surface area (Å²) in [5, 5.41) is 5.70. The number of thioether (sulfide) groups is 1. The van der Waals surface area contributed by atoms with Gasteiger partial charge in [-0.3, -0.25) is 14.6 Å². The van der Waals surface area contributed by atoms with Gasteiger partial charge in [-0.1, -0.05) is 30.3 Å². The van der Waals surface area contributed by atoms with Crippen molar-refractivity contribution in [1.82, 2.24) is 10.3 Å². The highest BCUT2D eigenvalue weighted by Gasteiger charge is 2.16. The lowest BCUT2D eigenvalue weighted by Crippen LogP contribution is -2.27. The fourth-order valence-electron chi connectivity index (χ4n) is 2.84. The van der Waals surface area contributed by atoms with Gasteiger partial charge in [-0.15, -0.1) is 0 Å². The maximum Gasteiger partial charge on any atom is 0.255 e. The predicted octanol–water partition coefficient (Wildman–Crippen LogP) is 4.44. The minimum absolute atomic E-state index is 0.219. The van der Waals surface area contributed by atoms with E-state index in [0.717, 1.165) is 5.56 Å². The number of amides is 2. The van der Waals surface area contributed by atoms with Crippen molar-refractivity contribution in [3.05, 3.63) is 95.1 Å². The molecule has 7 heteroatoms. The summed E-state index contributed by atoms with van der Waals surface area (Å²) in [7, 11) is 0. The molecule has 5 nitrogen and oxygen atoms in total. The van der Waals surface area contributed by atoms with E-state index in [-0.39, 0.29) is 17.6 Å². The van der Waals surface area contributed by atoms with Crippen LogP contribution in [-0.2, 0) is 5.75 Å². The number of anilines is 1. The number of rotatable bonds is 8. The molecule has 0 radical (unpaired) electrons. The van der Waals surface area contributed by atoms with Crippen molar-refractivity contribution in [3.8, 4) is 0 Å². The van der Waals surface area contributed by atoms with Crippen molar-refractivity contribution in [2.24, 2.45) is 0 Å². The molecule has 0 bridgehead atoms. The molecular weight excluding hydrogens is 401 g/mol. The first-order chi connectivity index (χ1) is 14.6. The molecule has 30 heavy (non-hydrogen) atoms. The maximum atomic E-state index is 13.6. The summed E-state index contributed by atoms with van der Waals surface area (Å²) in [5.74, 6) is 0.393. The average Bonchev–Trinajstić information content (AvgIpc) is 2.76. The van der Waals surface area contributed by atoms with Gasteiger partial charge in [0.25, 0.3) is 11.8 Å². The van der Waals surface area contributed by atoms with Crippen molar-refractivity contribution in [1.29, 1.82) is 0 Å². The number of halogens is 1. The molecule has 154 valence electrons. The Hall–Kier alpha value is -3.19. The first kappa shape index (κ1) is 21.5. The standard InChI is InChI=1S/C23H22FN3O2S/c1-16-5-4-7-19(21(16)27-22(28)17-9-11-25-12-10-17)23(29)26-13-14-30-15-18-6-2-3-8-20(18)24/h2-12H,13-15H2,1H3,(H,26,29)(H,27,28). The second kappa shape index (κ2) is 10.5. The van der Waals surface area contributed by atoms with Gasteiger partial charge in [0.2, 0.25) is 0 Å². The topological polar surface area (TPSA) is 71.1 Å². The van der Waals surface area contributed by atoms with Crippen LogP contribution < -0.4 is 10.6 Å². The normalized spacial score (nSPS) is 10.5. The molecular formula is C23H22FN3O2S. The number of carbonyl (C=O) groups excluding carboxylic acids is 2. The highest BCUT2D eigenvalue weighted by Crippen LogP contribution is 2.22. The molecule has 0 saturated carbocycles. The number of hydrogen-bond acceptors (Lipinski definition) is 4. The number of para-hydroxylation sites is 1. The Labute approximate surface area is 179 Å². The Morgan fingerprint density at radius 2 is 1.77 bits per heavy atom. The molecule has 0 atom stereocenters. The lowest BCUT2D eigenvalue weighted by molar-refractivity contribution is 0.0957. The molecule has 0 aliphatic heterocycles. The molecule has 1 heterocycles. The third kappa shape index (κ3) is 5.67. The van der Waals surface area contributed by atoms with Gasteiger partial charge in [0, 0.05) is 36.0 Å². The summed E-state index contributed by atoms with van der Waals surface area (Å²) in [6.45, 7) is 2.27. The van der Waals surface area contributed by atoms with Crippen LogP contribution in [0.1, 0.15) is 31.8 Å². The minimum Gasteiger partial charge on any atom is -0.351 e. The number of pyridine rings is 1. The van der Waals surface area contributed by atoms with Crippen LogP contribution in [0.25, 0.3) is 0 Å². The quantitative estimate of drug-likeness (QED) is 0.526. The zero-order valence-corrected chi connectivity index (χ0v) is 17.3. The van der Waals surface area contributed by atoms with Crippen molar-refractivity contribution in [2.45, 2.75) is 12.7 Å². The van der Waals surface area contributed by atoms with Gasteiger partial charge in [-0.25, -0.2) is 4.39 Å². The molecule has 2 aromatic carbocycles. The SMILES string of the molecule is Cc1cccc(C(=O)NCCSCc2ccccc2F)c1NC(=O)c1ccncc1. The maximum absolute atomic E-state index is 13.6. The Balaban J connectivity index is 1.57. The van der Waals surface area contributed by atoms with E-state index in [4.69, 9.17) is 0 Å². The van der Waals surface area contributed by atoms with Crippen molar-refractivity contribution < 1.29 is 14.0 Å². The van der Waals surface area contributed by atoms with Crippen LogP contribution in [-0.4, -0.2) is 29.1 Å². The fraction of sp³-hybridized carbons (Fsp3) is 0.174. The molecule has 2 N–H and O–H groups in total. The molecule has 0 spiro atoms. The van der Waals surface area contributed by atoms with Gasteiger partial charge in [0.1, 0.15) is 5.82 Å². The van der Waals surface area contributed by atoms with Gasteiger partial charge in [0.05, 0.1) is 11.3 Å². The van der Waals surface area contributed by atoms with Crippen molar-refractivity contribution in [2.75, 3.05) is 17.6 Å². The number of hydrogen-bond donors (Lipinski definition) is 2. The molecule has 0 saturated heterocycles. The first-order valence-electron chi connectivity index (χ1n) is 9.46. The van der Waals surface area contributed by atoms with Crippen LogP contribution in [0.15, 0.2) is 67.0 Å². The highest BCUT2D eigenvalue weighted by atomic mass is 32.2. The van der Waals surface area contributed by atoms with Crippen molar-refractivity contribution in [3.63, 3.8) is 0 Å². The van der Waals surface area contributed by atoms with Gasteiger partial charge >= 0.3 is 0 Å². The molecule has 0 aliphatic carbocycles. The summed E-state index contributed by atoms with van der Waals surface area (Å²) in [6.07, 6.45) is 3.08. The molecule has 0 unspecified atom stereocenters. The third-order valence-corrected chi connectivity index (χ3v) is 5.45. The van der Waals surface area contributed by atoms with E-state index in [0.29, 0.717) is 40.4 Å². The summed E-state index contributed by atoms with van der Waals surface area (Å²) < 4.78 is 13.6. The summed E-state index contributed by atoms with van der Waals surface area (Å²) in [4.78, 5) is 29.1. The number of benzene rings is 2. The number of nitrogens with one attached hydrogen (secondary N) is 2. The zero-order chi connectivity index (χ0) is 21.3. The monoisotopic (exact) mass is 423 g/mol. The summed E-state index contributed by atoms with van der Waals surface area (Å²) in [6, 6.07) is 15.2. The average molecular weight is 424 g/mol. The number of nitrogens with zero attached hydrogens (tertiary/aromatic N) is 1. The molecule has 1 aromatic heterocycles. The predicted molar refractivity (Wildman–Crippen MR) is 118 cm³/mol. The van der Waals surface area contributed by atoms with E-state index in [1.807, 2.05) is 13.0 Å². The molecule has 2 amide bonds. The minimum atomic E-state index is -0.304. The van der Waals surface area contributed by atoms with Gasteiger partial charge in [-0.2, -0.15) is 11.8 Å². The van der Waals surface area contributed by atoms with Crippen LogP contribution in [0.5, 0.6) is 0 Å². The highest BCUT2D eigenvalue weighted by molar-refractivity contribution is 7.98. The Morgan fingerprint density at radius 3 is 2.53 bits per heavy atom. The third-order valence-electron chi connectivity index (χ3n) is 4.45. The molecule has 0 aliphatic rings. The lowest BCUT2D eigenvalue weighted by Gasteiger charge is -2.14. The number of aryl methyl sites for hydroxylation is 1. The second-order valence-corrected chi connectivity index (χ2v) is 7.69. The van der Waals surface area contributed by atoms with Crippen LogP contribution in [0.4, 0.5) is 10.1 Å². The van der Waals surface area contributed by atoms with E-state index < -0.39 is 0 Å². The zero-order valence-electron chi connectivity index (χ0n) is 16.5. The lowest BCUT2D eigenvalue weighted by atomic mass is 10.1. The van der Waals surface area contributed by atoms with Gasteiger partial charge in [0.15, 0.2) is 0 Å². The van der Waals surface area contributed by atoms with Crippen LogP contribution in [0, 0.1) is 12.7 Å². The largest absolute Gasteiger partial charge is 0.351 e. The number of carbonyl (C=O) groups is 2. The van der Waals surface area contributed by atoms with Crippen molar-refractivity contribution >= 4 is 29.3 Å². The van der Waals surface area contributed by atoms with Crippen LogP contribution >= 0.6 is 11.8 Å². The van der Waals surface area contributed by atoms with E-state index >= 15 is 0 Å². The smallest absolute Gasteiger partial charge is 0.255 e. The fourth-order valence-corrected chi connectivity index (χ4v) is 3.69. The van der Waals surface area contributed by atoms with E-state index in [9.17, 15) is 14.0 Å². The van der Waals surface area contributed by atoms with E-state index in [2.05, 4.69) is 15.6 Å². The molecule has 3 rings (SSSR count). The van der Waals surface area contributed by atoms with Crippen LogP contribution in [0.3, 0.4) is 0 Å². The molecule has 0 fully saturated rings. The van der Waals surface area contributed by atoms with Gasteiger partial charge in [-0.05, 0) is 42.3 Å². The summed E-state index contributed by atoms with van der Waals surface area (Å²) >= 11 is 1.54. The Kier molecular flexibility index (Phi) is 7.57. The Bertz CT molecular complexity index is 1030. The van der Waals surface area contributed by atoms with Crippen LogP contribution in [0.2, 0.25) is 0 Å². The Morgan fingerprint density at radius 1 is 1.00 bits per heavy atom. The summed E-state index contributed by atoms with van der Waals surface area (Å²) in [5.41, 5.74) is 2.78. The number of aromatic nitrogens is 1. The van der Waals surface area contributed by atoms with E-state index in [1.54, 1.807) is 66.6 Å². The molecule has 3 aromatic rings.